The minimum absolute atomic E-state index is 0.297. The second-order valence-corrected chi connectivity index (χ2v) is 13.6. The van der Waals surface area contributed by atoms with Crippen LogP contribution in [0.4, 0.5) is 0 Å². The van der Waals surface area contributed by atoms with Crippen LogP contribution in [0.15, 0.2) is 133 Å². The third-order valence-electron chi connectivity index (χ3n) is 11.2. The summed E-state index contributed by atoms with van der Waals surface area (Å²) in [6.45, 7) is 4.42. The quantitative estimate of drug-likeness (QED) is 0.173. The van der Waals surface area contributed by atoms with E-state index in [2.05, 4.69) is 125 Å². The second kappa shape index (κ2) is 10.3. The molecule has 11 rings (SSSR count). The number of hydrogen-bond acceptors (Lipinski definition) is 2. The van der Waals surface area contributed by atoms with E-state index in [1.54, 1.807) is 0 Å². The molecular weight excluding hydrogens is 625 g/mol. The van der Waals surface area contributed by atoms with Gasteiger partial charge in [0.1, 0.15) is 0 Å². The molecule has 0 aliphatic heterocycles. The summed E-state index contributed by atoms with van der Waals surface area (Å²) < 4.78 is 10.4. The fourth-order valence-electron chi connectivity index (χ4n) is 9.15. The first-order valence-corrected chi connectivity index (χ1v) is 17.8. The zero-order valence-electron chi connectivity index (χ0n) is 28.3. The molecule has 0 aliphatic rings. The Labute approximate surface area is 293 Å². The summed E-state index contributed by atoms with van der Waals surface area (Å²) in [5.74, 6) is -0.297. The van der Waals surface area contributed by atoms with Gasteiger partial charge in [0.2, 0.25) is 0 Å². The maximum absolute atomic E-state index is 13.2. The van der Waals surface area contributed by atoms with Crippen molar-refractivity contribution in [2.24, 2.45) is 0 Å². The zero-order valence-corrected chi connectivity index (χ0v) is 28.3. The molecule has 0 spiro atoms. The number of nitrogens with zero attached hydrogens (tertiary/aromatic N) is 2. The van der Waals surface area contributed by atoms with E-state index in [1.807, 2.05) is 31.2 Å². The smallest absolute Gasteiger partial charge is 0.338 e. The number of ether oxygens (including phenoxy) is 1. The Hall–Kier alpha value is -6.39. The zero-order chi connectivity index (χ0) is 34.0. The van der Waals surface area contributed by atoms with Crippen LogP contribution in [0.1, 0.15) is 29.8 Å². The first kappa shape index (κ1) is 28.4. The van der Waals surface area contributed by atoms with Crippen molar-refractivity contribution in [3.63, 3.8) is 0 Å². The molecule has 0 fully saturated rings. The third-order valence-corrected chi connectivity index (χ3v) is 11.2. The van der Waals surface area contributed by atoms with Gasteiger partial charge in [-0.25, -0.2) is 4.79 Å². The molecule has 4 nitrogen and oxygen atoms in total. The largest absolute Gasteiger partial charge is 0.462 e. The Bertz CT molecular complexity index is 3210. The highest BCUT2D eigenvalue weighted by Crippen LogP contribution is 2.48. The van der Waals surface area contributed by atoms with Crippen LogP contribution in [-0.4, -0.2) is 21.4 Å². The molecule has 0 saturated carbocycles. The number of fused-ring (bicyclic) bond motifs is 12. The van der Waals surface area contributed by atoms with Gasteiger partial charge >= 0.3 is 5.97 Å². The molecule has 51 heavy (non-hydrogen) atoms. The highest BCUT2D eigenvalue weighted by molar-refractivity contribution is 6.32. The Balaban J connectivity index is 1.28. The van der Waals surface area contributed by atoms with Crippen LogP contribution in [0.2, 0.25) is 0 Å². The van der Waals surface area contributed by atoms with Gasteiger partial charge in [-0.3, -0.25) is 0 Å². The van der Waals surface area contributed by atoms with E-state index in [0.717, 1.165) is 28.5 Å². The molecule has 4 aromatic heterocycles. The highest BCUT2D eigenvalue weighted by Gasteiger charge is 2.26. The predicted octanol–water partition coefficient (Wildman–Crippen LogP) is 12.1. The number of para-hydroxylation sites is 2. The molecule has 0 amide bonds. The predicted molar refractivity (Wildman–Crippen MR) is 212 cm³/mol. The number of carbonyl (C=O) groups excluding carboxylic acids is 1. The lowest BCUT2D eigenvalue weighted by molar-refractivity contribution is 0.0527. The molecule has 242 valence electrons. The van der Waals surface area contributed by atoms with Crippen LogP contribution in [0.25, 0.3) is 98.4 Å². The number of carbonyl (C=O) groups is 1. The SMILES string of the molecule is CCOC(=O)c1ccccc1-c1ccc2c3cc4c(cc3n3c5ccccc5c1c23)c1ccc(-c2ccccc2CC)c2c3ccccc3n4c12. The summed E-state index contributed by atoms with van der Waals surface area (Å²) in [7, 11) is 0. The van der Waals surface area contributed by atoms with E-state index in [9.17, 15) is 4.79 Å². The summed E-state index contributed by atoms with van der Waals surface area (Å²) >= 11 is 0. The molecule has 11 aromatic rings. The number of hydrogen-bond donors (Lipinski definition) is 0. The summed E-state index contributed by atoms with van der Waals surface area (Å²) in [4.78, 5) is 13.2. The van der Waals surface area contributed by atoms with Gasteiger partial charge in [0.05, 0.1) is 45.3 Å². The van der Waals surface area contributed by atoms with Crippen LogP contribution in [0.3, 0.4) is 0 Å². The first-order valence-electron chi connectivity index (χ1n) is 17.8. The summed E-state index contributed by atoms with van der Waals surface area (Å²) in [6, 6.07) is 48.2. The van der Waals surface area contributed by atoms with E-state index in [1.165, 1.54) is 82.0 Å². The molecule has 0 bridgehead atoms. The first-order chi connectivity index (χ1) is 25.2. The molecule has 0 N–H and O–H groups in total. The van der Waals surface area contributed by atoms with E-state index in [4.69, 9.17) is 4.74 Å². The van der Waals surface area contributed by atoms with Crippen LogP contribution in [0.5, 0.6) is 0 Å². The minimum atomic E-state index is -0.297. The number of rotatable bonds is 5. The van der Waals surface area contributed by atoms with Crippen LogP contribution >= 0.6 is 0 Å². The van der Waals surface area contributed by atoms with Crippen molar-refractivity contribution in [1.29, 1.82) is 0 Å². The maximum Gasteiger partial charge on any atom is 0.338 e. The second-order valence-electron chi connectivity index (χ2n) is 13.6. The highest BCUT2D eigenvalue weighted by atomic mass is 16.5. The van der Waals surface area contributed by atoms with Crippen LogP contribution in [0, 0.1) is 0 Å². The normalized spacial score (nSPS) is 12.4. The summed E-state index contributed by atoms with van der Waals surface area (Å²) in [5, 5.41) is 9.88. The molecule has 7 aromatic carbocycles. The average molecular weight is 657 g/mol. The van der Waals surface area contributed by atoms with Crippen molar-refractivity contribution in [2.75, 3.05) is 6.61 Å². The van der Waals surface area contributed by atoms with Gasteiger partial charge in [-0.05, 0) is 71.5 Å². The minimum Gasteiger partial charge on any atom is -0.462 e. The lowest BCUT2D eigenvalue weighted by Crippen LogP contribution is -2.06. The van der Waals surface area contributed by atoms with E-state index < -0.39 is 0 Å². The van der Waals surface area contributed by atoms with Gasteiger partial charge in [0, 0.05) is 43.1 Å². The fourth-order valence-corrected chi connectivity index (χ4v) is 9.15. The van der Waals surface area contributed by atoms with Crippen LogP contribution < -0.4 is 0 Å². The summed E-state index contributed by atoms with van der Waals surface area (Å²) in [6.07, 6.45) is 0.986. The van der Waals surface area contributed by atoms with Crippen LogP contribution in [-0.2, 0) is 11.2 Å². The van der Waals surface area contributed by atoms with E-state index in [0.29, 0.717) is 12.2 Å². The van der Waals surface area contributed by atoms with E-state index >= 15 is 0 Å². The number of esters is 1. The number of benzene rings is 7. The van der Waals surface area contributed by atoms with Crippen molar-refractivity contribution >= 4 is 82.2 Å². The van der Waals surface area contributed by atoms with Gasteiger partial charge in [-0.15, -0.1) is 0 Å². The Kier molecular flexibility index (Phi) is 5.75. The molecule has 0 saturated heterocycles. The standard InChI is InChI=1S/C47H32N2O2/c1-3-27-13-5-6-14-28(27)30-21-23-32-37-25-42-38(26-41(37)48-39-19-11-9-17-35(39)43(30)45(32)48)33-24-22-31(29-15-7-8-16-34(29)47(50)51-4-2)44-36-18-10-12-20-40(36)49(42)46(33)44/h5-26H,3-4H2,1-2H3. The lowest BCUT2D eigenvalue weighted by Gasteiger charge is -2.11. The van der Waals surface area contributed by atoms with Crippen molar-refractivity contribution in [3.8, 4) is 22.3 Å². The molecule has 0 aliphatic carbocycles. The van der Waals surface area contributed by atoms with Crippen molar-refractivity contribution < 1.29 is 9.53 Å². The number of aromatic nitrogens is 2. The molecular formula is C47H32N2O2. The molecule has 4 heteroatoms. The van der Waals surface area contributed by atoms with Gasteiger partial charge in [0.15, 0.2) is 0 Å². The topological polar surface area (TPSA) is 35.1 Å². The molecule has 0 unspecified atom stereocenters. The van der Waals surface area contributed by atoms with Crippen molar-refractivity contribution in [3.05, 3.63) is 145 Å². The molecule has 0 atom stereocenters. The Morgan fingerprint density at radius 2 is 1.00 bits per heavy atom. The fraction of sp³-hybridized carbons (Fsp3) is 0.0851. The van der Waals surface area contributed by atoms with Gasteiger partial charge < -0.3 is 13.5 Å². The average Bonchev–Trinajstić information content (AvgIpc) is 3.90. The van der Waals surface area contributed by atoms with Gasteiger partial charge in [-0.1, -0.05) is 110 Å². The third kappa shape index (κ3) is 3.61. The van der Waals surface area contributed by atoms with Crippen molar-refractivity contribution in [1.82, 2.24) is 8.80 Å². The Morgan fingerprint density at radius 1 is 0.490 bits per heavy atom. The van der Waals surface area contributed by atoms with Crippen molar-refractivity contribution in [2.45, 2.75) is 20.3 Å². The van der Waals surface area contributed by atoms with Gasteiger partial charge in [0.25, 0.3) is 0 Å². The number of aryl methyl sites for hydroxylation is 1. The van der Waals surface area contributed by atoms with E-state index in [-0.39, 0.29) is 5.97 Å². The Morgan fingerprint density at radius 3 is 1.59 bits per heavy atom. The maximum atomic E-state index is 13.2. The molecule has 0 radical (unpaired) electrons. The van der Waals surface area contributed by atoms with Gasteiger partial charge in [-0.2, -0.15) is 0 Å². The molecule has 4 heterocycles. The lowest BCUT2D eigenvalue weighted by atomic mass is 9.93. The summed E-state index contributed by atoms with van der Waals surface area (Å²) in [5.41, 5.74) is 13.7. The monoisotopic (exact) mass is 656 g/mol.